The third-order valence-electron chi connectivity index (χ3n) is 5.89. The molecule has 2 aromatic rings. The summed E-state index contributed by atoms with van der Waals surface area (Å²) in [5, 5.41) is 0.380. The summed E-state index contributed by atoms with van der Waals surface area (Å²) in [6, 6.07) is 3.32. The number of amides is 1. The third-order valence-corrected chi connectivity index (χ3v) is 5.89. The molecule has 8 nitrogen and oxygen atoms in total. The van der Waals surface area contributed by atoms with Crippen molar-refractivity contribution in [2.75, 3.05) is 26.8 Å². The lowest BCUT2D eigenvalue weighted by molar-refractivity contribution is -0.123. The van der Waals surface area contributed by atoms with Crippen LogP contribution < -0.4 is 20.5 Å². The second kappa shape index (κ2) is 8.02. The lowest BCUT2D eigenvalue weighted by atomic mass is 9.87. The highest BCUT2D eigenvalue weighted by Crippen LogP contribution is 2.39. The minimum Gasteiger partial charge on any atom is -0.493 e. The fraction of sp³-hybridized carbons (Fsp3) is 0.571. The van der Waals surface area contributed by atoms with Crippen LogP contribution in [0.2, 0.25) is 0 Å². The fourth-order valence-electron chi connectivity index (χ4n) is 4.05. The maximum absolute atomic E-state index is 13.3. The number of fused-ring (bicyclic) bond motifs is 1. The van der Waals surface area contributed by atoms with Gasteiger partial charge in [-0.15, -0.1) is 0 Å². The summed E-state index contributed by atoms with van der Waals surface area (Å²) in [5.74, 6) is 1.42. The average Bonchev–Trinajstić information content (AvgIpc) is 3.59. The topological polar surface area (TPSA) is 91.7 Å². The molecule has 0 spiro atoms. The Morgan fingerprint density at radius 2 is 1.83 bits per heavy atom. The van der Waals surface area contributed by atoms with Gasteiger partial charge in [-0.25, -0.2) is 9.66 Å². The van der Waals surface area contributed by atoms with Crippen LogP contribution >= 0.6 is 0 Å². The fourth-order valence-corrected chi connectivity index (χ4v) is 4.05. The molecule has 0 bridgehead atoms. The van der Waals surface area contributed by atoms with E-state index in [-0.39, 0.29) is 29.4 Å². The highest BCUT2D eigenvalue weighted by atomic mass is 16.5. The number of hydrogen-bond donors (Lipinski definition) is 1. The van der Waals surface area contributed by atoms with Gasteiger partial charge in [0.1, 0.15) is 5.82 Å². The van der Waals surface area contributed by atoms with E-state index in [2.05, 4.69) is 5.43 Å². The van der Waals surface area contributed by atoms with Crippen molar-refractivity contribution in [3.8, 4) is 11.5 Å². The van der Waals surface area contributed by atoms with E-state index in [0.29, 0.717) is 34.6 Å². The van der Waals surface area contributed by atoms with Crippen LogP contribution in [0.3, 0.4) is 0 Å². The van der Waals surface area contributed by atoms with Gasteiger partial charge in [-0.1, -0.05) is 6.42 Å². The molecule has 156 valence electrons. The maximum atomic E-state index is 13.3. The van der Waals surface area contributed by atoms with E-state index in [0.717, 1.165) is 32.1 Å². The van der Waals surface area contributed by atoms with Crippen LogP contribution in [0.25, 0.3) is 10.9 Å². The number of carbonyl (C=O) groups is 1. The molecule has 1 heterocycles. The Hall–Kier alpha value is -2.61. The van der Waals surface area contributed by atoms with Gasteiger partial charge in [0, 0.05) is 25.0 Å². The van der Waals surface area contributed by atoms with Gasteiger partial charge in [0.2, 0.25) is 5.91 Å². The van der Waals surface area contributed by atoms with Crippen LogP contribution in [0.5, 0.6) is 11.5 Å². The summed E-state index contributed by atoms with van der Waals surface area (Å²) >= 11 is 0. The van der Waals surface area contributed by atoms with Crippen molar-refractivity contribution in [1.29, 1.82) is 0 Å². The highest BCUT2D eigenvalue weighted by Gasteiger charge is 2.32. The van der Waals surface area contributed by atoms with Crippen LogP contribution in [0.1, 0.15) is 50.3 Å². The van der Waals surface area contributed by atoms with E-state index in [4.69, 9.17) is 19.2 Å². The quantitative estimate of drug-likeness (QED) is 0.800. The van der Waals surface area contributed by atoms with Gasteiger partial charge in [-0.2, -0.15) is 0 Å². The van der Waals surface area contributed by atoms with Crippen molar-refractivity contribution < 1.29 is 19.0 Å². The minimum atomic E-state index is -0.301. The van der Waals surface area contributed by atoms with Crippen LogP contribution in [0, 0.1) is 5.92 Å². The maximum Gasteiger partial charge on any atom is 0.280 e. The first-order valence-electron chi connectivity index (χ1n) is 10.1. The van der Waals surface area contributed by atoms with E-state index in [1.54, 1.807) is 26.4 Å². The zero-order valence-corrected chi connectivity index (χ0v) is 17.1. The van der Waals surface area contributed by atoms with Gasteiger partial charge in [0.15, 0.2) is 11.5 Å². The number of hydrogen-bond acceptors (Lipinski definition) is 6. The van der Waals surface area contributed by atoms with Crippen molar-refractivity contribution in [3.05, 3.63) is 28.3 Å². The van der Waals surface area contributed by atoms with Crippen LogP contribution in [0.4, 0.5) is 0 Å². The second-order valence-electron chi connectivity index (χ2n) is 7.81. The molecule has 8 heteroatoms. The van der Waals surface area contributed by atoms with E-state index in [1.807, 2.05) is 0 Å². The van der Waals surface area contributed by atoms with Crippen molar-refractivity contribution in [2.24, 2.45) is 5.92 Å². The molecular formula is C21H27N3O5. The molecule has 2 aliphatic carbocycles. The summed E-state index contributed by atoms with van der Waals surface area (Å²) in [6.45, 7) is 0. The van der Waals surface area contributed by atoms with Crippen LogP contribution in [0.15, 0.2) is 16.9 Å². The average molecular weight is 401 g/mol. The minimum absolute atomic E-state index is 0.0885. The monoisotopic (exact) mass is 401 g/mol. The first-order chi connectivity index (χ1) is 14.0. The Morgan fingerprint density at radius 1 is 1.10 bits per heavy atom. The number of nitrogens with one attached hydrogen (secondary N) is 1. The smallest absolute Gasteiger partial charge is 0.280 e. The summed E-state index contributed by atoms with van der Waals surface area (Å²) in [6.07, 6.45) is 5.37. The zero-order valence-electron chi connectivity index (χ0n) is 17.1. The van der Waals surface area contributed by atoms with Gasteiger partial charge in [0.25, 0.3) is 5.56 Å². The lowest BCUT2D eigenvalue weighted by Gasteiger charge is -2.27. The highest BCUT2D eigenvalue weighted by molar-refractivity contribution is 5.87. The van der Waals surface area contributed by atoms with Gasteiger partial charge < -0.3 is 14.2 Å². The number of benzene rings is 1. The summed E-state index contributed by atoms with van der Waals surface area (Å²) < 4.78 is 17.4. The molecule has 1 aromatic carbocycles. The van der Waals surface area contributed by atoms with Crippen LogP contribution in [-0.2, 0) is 9.53 Å². The number of ether oxygens (including phenoxy) is 3. The number of nitrogens with zero attached hydrogens (tertiary/aromatic N) is 2. The molecule has 4 rings (SSSR count). The van der Waals surface area contributed by atoms with Crippen molar-refractivity contribution in [3.63, 3.8) is 0 Å². The van der Waals surface area contributed by atoms with E-state index < -0.39 is 0 Å². The molecule has 0 radical (unpaired) electrons. The van der Waals surface area contributed by atoms with Gasteiger partial charge in [-0.05, 0) is 38.2 Å². The molecule has 29 heavy (non-hydrogen) atoms. The lowest BCUT2D eigenvalue weighted by Crippen LogP contribution is -2.40. The molecule has 2 aliphatic rings. The van der Waals surface area contributed by atoms with Crippen molar-refractivity contribution >= 4 is 16.8 Å². The molecule has 0 aliphatic heterocycles. The predicted octanol–water partition coefficient (Wildman–Crippen LogP) is 2.57. The SMILES string of the molecule is COc1cc2nc(C3CC3)n(NC(=O)[C@@H]3CCC[C@@H](OC)C3)c(=O)c2cc1OC. The molecular weight excluding hydrogens is 374 g/mol. The van der Waals surface area contributed by atoms with Gasteiger partial charge >= 0.3 is 0 Å². The molecule has 1 amide bonds. The normalized spacial score (nSPS) is 21.8. The Kier molecular flexibility index (Phi) is 5.45. The van der Waals surface area contributed by atoms with E-state index >= 15 is 0 Å². The Morgan fingerprint density at radius 3 is 2.48 bits per heavy atom. The van der Waals surface area contributed by atoms with E-state index in [1.165, 1.54) is 11.8 Å². The van der Waals surface area contributed by atoms with Gasteiger partial charge in [-0.3, -0.25) is 15.0 Å². The predicted molar refractivity (Wildman–Crippen MR) is 108 cm³/mol. The Bertz CT molecular complexity index is 982. The molecule has 1 N–H and O–H groups in total. The zero-order chi connectivity index (χ0) is 20.5. The summed E-state index contributed by atoms with van der Waals surface area (Å²) in [4.78, 5) is 30.9. The number of methoxy groups -OCH3 is 3. The summed E-state index contributed by atoms with van der Waals surface area (Å²) in [7, 11) is 4.74. The molecule has 0 saturated heterocycles. The third kappa shape index (κ3) is 3.81. The number of carbonyl (C=O) groups excluding carboxylic acids is 1. The molecule has 1 aromatic heterocycles. The number of rotatable bonds is 6. The molecule has 2 fully saturated rings. The number of aromatic nitrogens is 2. The molecule has 0 unspecified atom stereocenters. The van der Waals surface area contributed by atoms with Crippen LogP contribution in [-0.4, -0.2) is 43.0 Å². The van der Waals surface area contributed by atoms with E-state index in [9.17, 15) is 9.59 Å². The largest absolute Gasteiger partial charge is 0.493 e. The Labute approximate surface area is 169 Å². The van der Waals surface area contributed by atoms with Crippen molar-refractivity contribution in [2.45, 2.75) is 50.5 Å². The summed E-state index contributed by atoms with van der Waals surface area (Å²) in [5.41, 5.74) is 3.09. The second-order valence-corrected chi connectivity index (χ2v) is 7.81. The Balaban J connectivity index is 1.73. The molecule has 2 saturated carbocycles. The first kappa shape index (κ1) is 19.7. The van der Waals surface area contributed by atoms with Gasteiger partial charge in [0.05, 0.1) is 31.2 Å². The first-order valence-corrected chi connectivity index (χ1v) is 10.1. The van der Waals surface area contributed by atoms with Crippen molar-refractivity contribution in [1.82, 2.24) is 9.66 Å². The standard InChI is InChI=1S/C21H27N3O5/c1-27-14-6-4-5-13(9-14)20(25)23-24-19(12-7-8-12)22-16-11-18(29-3)17(28-2)10-15(16)21(24)26/h10-14H,4-9H2,1-3H3,(H,23,25)/t13-,14-/m1/s1. The molecule has 2 atom stereocenters.